The fourth-order valence-electron chi connectivity index (χ4n) is 4.36. The minimum absolute atomic E-state index is 0.446. The van der Waals surface area contributed by atoms with Crippen molar-refractivity contribution < 1.29 is 11.2 Å². The first-order valence-corrected chi connectivity index (χ1v) is 20.4. The van der Waals surface area contributed by atoms with Gasteiger partial charge in [-0.2, -0.15) is 0 Å². The molecule has 0 amide bonds. The molecule has 0 unspecified atom stereocenters. The number of benzene rings is 6. The van der Waals surface area contributed by atoms with Crippen molar-refractivity contribution in [3.63, 3.8) is 0 Å². The molecule has 42 heavy (non-hydrogen) atoms. The second kappa shape index (κ2) is 18.3. The molecule has 0 heterocycles. The Hall–Kier alpha value is -2.43. The molecule has 0 fully saturated rings. The van der Waals surface area contributed by atoms with Gasteiger partial charge in [-0.1, -0.05) is 182 Å². The summed E-state index contributed by atoms with van der Waals surface area (Å²) in [7, 11) is 13.8. The van der Waals surface area contributed by atoms with E-state index in [-0.39, 0.29) is 0 Å². The van der Waals surface area contributed by atoms with E-state index in [4.69, 9.17) is 30.3 Å². The Morgan fingerprint density at radius 3 is 0.500 bits per heavy atom. The van der Waals surface area contributed by atoms with Crippen molar-refractivity contribution in [3.8, 4) is 0 Å². The summed E-state index contributed by atoms with van der Waals surface area (Å²) >= 11 is -1.33. The van der Waals surface area contributed by atoms with Crippen LogP contribution in [0.25, 0.3) is 0 Å². The van der Waals surface area contributed by atoms with Crippen molar-refractivity contribution in [2.24, 2.45) is 0 Å². The predicted octanol–water partition coefficient (Wildman–Crippen LogP) is 8.96. The van der Waals surface area contributed by atoms with Crippen LogP contribution < -0.4 is 31.8 Å². The summed E-state index contributed by atoms with van der Waals surface area (Å²) in [6.07, 6.45) is 0. The van der Waals surface area contributed by atoms with Gasteiger partial charge in [0.2, 0.25) is 0 Å². The molecule has 0 nitrogen and oxygen atoms in total. The van der Waals surface area contributed by atoms with Gasteiger partial charge in [-0.3, -0.25) is 0 Å². The Morgan fingerprint density at radius 1 is 0.262 bits per heavy atom. The molecule has 0 saturated carbocycles. The van der Waals surface area contributed by atoms with Crippen LogP contribution in [-0.4, -0.2) is 0 Å². The van der Waals surface area contributed by atoms with Crippen molar-refractivity contribution in [1.82, 2.24) is 0 Å². The van der Waals surface area contributed by atoms with Crippen LogP contribution in [0.5, 0.6) is 0 Å². The van der Waals surface area contributed by atoms with Crippen molar-refractivity contribution in [2.45, 2.75) is 0 Å². The van der Waals surface area contributed by atoms with Gasteiger partial charge in [0.1, 0.15) is 0 Å². The molecule has 0 aliphatic carbocycles. The summed E-state index contributed by atoms with van der Waals surface area (Å²) < 4.78 is 0. The first kappa shape index (κ1) is 32.5. The standard InChI is InChI=1S/2C18H15P.3ClH.Fe/c2*1-4-10-16(11-5-1)19(17-12-6-2-7-13-17)18-14-8-3-9-15-18;;;;/h2*1-15H;3*1H;/q;;;;;+3/p-3. The minimum atomic E-state index is -1.33. The zero-order valence-corrected chi connectivity index (χ0v) is 27.9. The van der Waals surface area contributed by atoms with E-state index in [9.17, 15) is 0 Å². The third-order valence-corrected chi connectivity index (χ3v) is 11.0. The molecular weight excluding hydrogens is 657 g/mol. The van der Waals surface area contributed by atoms with Gasteiger partial charge in [0.05, 0.1) is 0 Å². The predicted molar refractivity (Wildman–Crippen MR) is 188 cm³/mol. The first-order valence-electron chi connectivity index (χ1n) is 13.2. The number of halogens is 3. The molecule has 0 saturated heterocycles. The van der Waals surface area contributed by atoms with Crippen molar-refractivity contribution in [3.05, 3.63) is 182 Å². The molecule has 0 spiro atoms. The molecule has 0 aliphatic heterocycles. The molecule has 0 aliphatic rings. The van der Waals surface area contributed by atoms with Crippen LogP contribution in [0.4, 0.5) is 0 Å². The van der Waals surface area contributed by atoms with E-state index in [0.29, 0.717) is 0 Å². The van der Waals surface area contributed by atoms with Gasteiger partial charge in [-0.05, 0) is 47.7 Å². The van der Waals surface area contributed by atoms with Gasteiger partial charge in [0.25, 0.3) is 0 Å². The van der Waals surface area contributed by atoms with E-state index in [2.05, 4.69) is 182 Å². The normalized spacial score (nSPS) is 10.6. The number of hydrogen-bond donors (Lipinski definition) is 0. The smallest absolute Gasteiger partial charge is 0.0134 e. The van der Waals surface area contributed by atoms with Gasteiger partial charge in [-0.25, -0.2) is 0 Å². The van der Waals surface area contributed by atoms with Gasteiger partial charge in [0, 0.05) is 0 Å². The van der Waals surface area contributed by atoms with E-state index >= 15 is 0 Å². The van der Waals surface area contributed by atoms with Crippen LogP contribution in [0.1, 0.15) is 0 Å². The van der Waals surface area contributed by atoms with Crippen LogP contribution in [0, 0.1) is 0 Å². The SMILES string of the molecule is [Cl][Fe]([Cl])[Cl].c1ccc(P(c2ccccc2)c2ccccc2)cc1.c1ccc(P(c2ccccc2)c2ccccc2)cc1. The zero-order chi connectivity index (χ0) is 29.4. The summed E-state index contributed by atoms with van der Waals surface area (Å²) in [6.45, 7) is 0. The monoisotopic (exact) mass is 685 g/mol. The van der Waals surface area contributed by atoms with Crippen LogP contribution in [-0.2, 0) is 11.2 Å². The molecule has 6 aromatic carbocycles. The van der Waals surface area contributed by atoms with E-state index < -0.39 is 27.0 Å². The molecule has 0 N–H and O–H groups in total. The van der Waals surface area contributed by atoms with Gasteiger partial charge in [0.15, 0.2) is 0 Å². The fourth-order valence-corrected chi connectivity index (χ4v) is 8.97. The molecule has 0 aromatic heterocycles. The summed E-state index contributed by atoms with van der Waals surface area (Å²) in [4.78, 5) is 0. The van der Waals surface area contributed by atoms with Crippen LogP contribution in [0.2, 0.25) is 0 Å². The second-order valence-electron chi connectivity index (χ2n) is 8.84. The largest absolute Gasteiger partial charge is 0.0622 e. The molecule has 0 atom stereocenters. The van der Waals surface area contributed by atoms with Gasteiger partial charge >= 0.3 is 41.5 Å². The summed E-state index contributed by atoms with van der Waals surface area (Å²) in [6, 6.07) is 64.7. The third-order valence-electron chi connectivity index (χ3n) is 6.09. The van der Waals surface area contributed by atoms with Crippen molar-refractivity contribution in [2.75, 3.05) is 0 Å². The molecule has 6 aromatic rings. The number of rotatable bonds is 6. The Morgan fingerprint density at radius 2 is 0.381 bits per heavy atom. The molecule has 6 rings (SSSR count). The van der Waals surface area contributed by atoms with Crippen LogP contribution in [0.3, 0.4) is 0 Å². The maximum atomic E-state index is 4.89. The Bertz CT molecular complexity index is 1230. The van der Waals surface area contributed by atoms with E-state index in [1.165, 1.54) is 31.8 Å². The van der Waals surface area contributed by atoms with Crippen molar-refractivity contribution >= 4 is 78.0 Å². The van der Waals surface area contributed by atoms with Crippen LogP contribution in [0.15, 0.2) is 182 Å². The molecular formula is C36H30Cl3FeP2. The van der Waals surface area contributed by atoms with E-state index in [0.717, 1.165) is 0 Å². The average Bonchev–Trinajstić information content (AvgIpc) is 3.05. The summed E-state index contributed by atoms with van der Waals surface area (Å²) in [5, 5.41) is 8.39. The Kier molecular flexibility index (Phi) is 14.1. The maximum absolute atomic E-state index is 4.89. The molecule has 213 valence electrons. The Balaban J connectivity index is 0.000000171. The minimum Gasteiger partial charge on any atom is -0.0622 e. The summed E-state index contributed by atoms with van der Waals surface area (Å²) in [5.41, 5.74) is 0. The van der Waals surface area contributed by atoms with E-state index in [1.54, 1.807) is 0 Å². The molecule has 0 radical (unpaired) electrons. The van der Waals surface area contributed by atoms with Crippen molar-refractivity contribution in [1.29, 1.82) is 0 Å². The molecule has 6 heteroatoms. The maximum Gasteiger partial charge on any atom is -0.0134 e. The zero-order valence-electron chi connectivity index (χ0n) is 22.7. The fraction of sp³-hybridized carbons (Fsp3) is 0. The van der Waals surface area contributed by atoms with Gasteiger partial charge in [-0.15, -0.1) is 0 Å². The second-order valence-corrected chi connectivity index (χ2v) is 18.7. The van der Waals surface area contributed by atoms with E-state index in [1.807, 2.05) is 0 Å². The van der Waals surface area contributed by atoms with Gasteiger partial charge < -0.3 is 0 Å². The Labute approximate surface area is 269 Å². The number of hydrogen-bond acceptors (Lipinski definition) is 0. The molecule has 0 bridgehead atoms. The quantitative estimate of drug-likeness (QED) is 0.121. The third kappa shape index (κ3) is 10.4. The first-order chi connectivity index (χ1) is 20.6. The average molecular weight is 687 g/mol. The van der Waals surface area contributed by atoms with Crippen LogP contribution >= 0.6 is 46.1 Å². The topological polar surface area (TPSA) is 0 Å². The summed E-state index contributed by atoms with van der Waals surface area (Å²) in [5.74, 6) is 0.